The van der Waals surface area contributed by atoms with Crippen molar-refractivity contribution < 1.29 is 4.79 Å². The number of likely N-dealkylation sites (tertiary alicyclic amines) is 1. The minimum atomic E-state index is 0.122. The molecular formula is C25H33ClN4O. The van der Waals surface area contributed by atoms with Gasteiger partial charge in [-0.1, -0.05) is 17.7 Å². The zero-order valence-corrected chi connectivity index (χ0v) is 19.3. The number of halogens is 1. The van der Waals surface area contributed by atoms with E-state index in [9.17, 15) is 4.79 Å². The van der Waals surface area contributed by atoms with E-state index >= 15 is 0 Å². The molecule has 1 aromatic heterocycles. The summed E-state index contributed by atoms with van der Waals surface area (Å²) in [7, 11) is 2.21. The fourth-order valence-corrected chi connectivity index (χ4v) is 5.79. The first-order valence-corrected chi connectivity index (χ1v) is 12.3. The monoisotopic (exact) mass is 440 g/mol. The predicted molar refractivity (Wildman–Crippen MR) is 126 cm³/mol. The van der Waals surface area contributed by atoms with Crippen LogP contribution in [0.1, 0.15) is 47.3 Å². The number of piperidine rings is 1. The molecule has 0 saturated carbocycles. The van der Waals surface area contributed by atoms with Crippen molar-refractivity contribution in [2.45, 2.75) is 38.5 Å². The van der Waals surface area contributed by atoms with E-state index in [1.807, 2.05) is 23.1 Å². The summed E-state index contributed by atoms with van der Waals surface area (Å²) in [5, 5.41) is 1.81. The molecule has 1 aromatic carbocycles. The second-order valence-electron chi connectivity index (χ2n) is 9.63. The number of rotatable bonds is 3. The number of aromatic nitrogens is 1. The van der Waals surface area contributed by atoms with E-state index < -0.39 is 0 Å². The second-order valence-corrected chi connectivity index (χ2v) is 10.0. The molecule has 0 bridgehead atoms. The maximum absolute atomic E-state index is 13.2. The SMILES string of the molecule is CN1CCC(CN2CCN(C(=O)c3ccc4c(Cl)c5c(nc4c3)CCCC5)CC2)CC1. The Hall–Kier alpha value is -1.69. The van der Waals surface area contributed by atoms with Gasteiger partial charge in [-0.25, -0.2) is 0 Å². The Balaban J connectivity index is 1.24. The van der Waals surface area contributed by atoms with Gasteiger partial charge in [0.25, 0.3) is 5.91 Å². The van der Waals surface area contributed by atoms with Crippen molar-refractivity contribution in [3.63, 3.8) is 0 Å². The highest BCUT2D eigenvalue weighted by Crippen LogP contribution is 2.33. The summed E-state index contributed by atoms with van der Waals surface area (Å²) in [5.74, 6) is 0.928. The Bertz CT molecular complexity index is 962. The molecule has 166 valence electrons. The van der Waals surface area contributed by atoms with Crippen LogP contribution in [-0.2, 0) is 12.8 Å². The molecule has 2 saturated heterocycles. The van der Waals surface area contributed by atoms with Crippen LogP contribution >= 0.6 is 11.6 Å². The van der Waals surface area contributed by atoms with Gasteiger partial charge in [0.1, 0.15) is 0 Å². The number of amides is 1. The molecule has 0 radical (unpaired) electrons. The standard InChI is InChI=1S/C25H33ClN4O/c1-28-10-8-18(9-11-28)17-29-12-14-30(15-13-29)25(31)19-6-7-21-23(16-19)27-22-5-3-2-4-20(22)24(21)26/h6-7,16,18H,2-5,8-15,17H2,1H3. The Morgan fingerprint density at radius 2 is 1.81 bits per heavy atom. The molecule has 5 nitrogen and oxygen atoms in total. The Morgan fingerprint density at radius 1 is 1.06 bits per heavy atom. The van der Waals surface area contributed by atoms with E-state index in [-0.39, 0.29) is 5.91 Å². The third-order valence-corrected chi connectivity index (χ3v) is 7.89. The van der Waals surface area contributed by atoms with Crippen molar-refractivity contribution in [2.24, 2.45) is 5.92 Å². The molecule has 3 aliphatic rings. The number of hydrogen-bond acceptors (Lipinski definition) is 4. The van der Waals surface area contributed by atoms with E-state index in [0.717, 1.165) is 72.1 Å². The van der Waals surface area contributed by atoms with Crippen molar-refractivity contribution in [2.75, 3.05) is 52.9 Å². The third-order valence-electron chi connectivity index (χ3n) is 7.45. The summed E-state index contributed by atoms with van der Waals surface area (Å²) in [6.45, 7) is 7.17. The first kappa shape index (κ1) is 21.2. The van der Waals surface area contributed by atoms with Crippen molar-refractivity contribution >= 4 is 28.4 Å². The molecule has 5 rings (SSSR count). The van der Waals surface area contributed by atoms with Crippen LogP contribution in [0.15, 0.2) is 18.2 Å². The zero-order chi connectivity index (χ0) is 21.4. The van der Waals surface area contributed by atoms with Crippen molar-refractivity contribution in [1.29, 1.82) is 0 Å². The molecule has 0 N–H and O–H groups in total. The first-order valence-electron chi connectivity index (χ1n) is 11.9. The predicted octanol–water partition coefficient (Wildman–Crippen LogP) is 3.87. The van der Waals surface area contributed by atoms with Gasteiger partial charge in [0.15, 0.2) is 0 Å². The molecule has 2 aliphatic heterocycles. The zero-order valence-electron chi connectivity index (χ0n) is 18.6. The second kappa shape index (κ2) is 9.05. The fourth-order valence-electron chi connectivity index (χ4n) is 5.43. The number of hydrogen-bond donors (Lipinski definition) is 0. The molecule has 0 spiro atoms. The van der Waals surface area contributed by atoms with Crippen LogP contribution in [0, 0.1) is 5.92 Å². The number of benzene rings is 1. The molecular weight excluding hydrogens is 408 g/mol. The highest BCUT2D eigenvalue weighted by Gasteiger charge is 2.26. The largest absolute Gasteiger partial charge is 0.336 e. The highest BCUT2D eigenvalue weighted by molar-refractivity contribution is 6.36. The lowest BCUT2D eigenvalue weighted by Gasteiger charge is -2.38. The van der Waals surface area contributed by atoms with Crippen LogP contribution < -0.4 is 0 Å². The topological polar surface area (TPSA) is 39.7 Å². The van der Waals surface area contributed by atoms with Gasteiger partial charge in [-0.15, -0.1) is 0 Å². The maximum Gasteiger partial charge on any atom is 0.254 e. The van der Waals surface area contributed by atoms with Gasteiger partial charge in [-0.2, -0.15) is 0 Å². The van der Waals surface area contributed by atoms with Gasteiger partial charge in [-0.3, -0.25) is 14.7 Å². The van der Waals surface area contributed by atoms with Crippen molar-refractivity contribution in [1.82, 2.24) is 19.7 Å². The number of aryl methyl sites for hydroxylation is 1. The van der Waals surface area contributed by atoms with Crippen LogP contribution in [0.3, 0.4) is 0 Å². The molecule has 0 atom stereocenters. The van der Waals surface area contributed by atoms with Gasteiger partial charge in [0.05, 0.1) is 10.5 Å². The number of piperazine rings is 1. The van der Waals surface area contributed by atoms with Crippen LogP contribution in [0.2, 0.25) is 5.02 Å². The van der Waals surface area contributed by atoms with E-state index in [1.54, 1.807) is 0 Å². The van der Waals surface area contributed by atoms with Gasteiger partial charge in [-0.05, 0) is 82.3 Å². The minimum absolute atomic E-state index is 0.122. The summed E-state index contributed by atoms with van der Waals surface area (Å²) in [4.78, 5) is 25.1. The van der Waals surface area contributed by atoms with Crippen LogP contribution in [0.4, 0.5) is 0 Å². The average molecular weight is 441 g/mol. The third kappa shape index (κ3) is 4.46. The first-order chi connectivity index (χ1) is 15.1. The summed E-state index contributed by atoms with van der Waals surface area (Å²) in [6.07, 6.45) is 6.95. The van der Waals surface area contributed by atoms with E-state index in [4.69, 9.17) is 16.6 Å². The van der Waals surface area contributed by atoms with Gasteiger partial charge in [0.2, 0.25) is 0 Å². The summed E-state index contributed by atoms with van der Waals surface area (Å²) >= 11 is 6.70. The molecule has 1 amide bonds. The Kier molecular flexibility index (Phi) is 6.18. The summed E-state index contributed by atoms with van der Waals surface area (Å²) in [6, 6.07) is 5.87. The highest BCUT2D eigenvalue weighted by atomic mass is 35.5. The number of pyridine rings is 1. The molecule has 2 aromatic rings. The number of fused-ring (bicyclic) bond motifs is 2. The lowest BCUT2D eigenvalue weighted by molar-refractivity contribution is 0.0594. The van der Waals surface area contributed by atoms with Crippen molar-refractivity contribution in [3.05, 3.63) is 40.0 Å². The summed E-state index contributed by atoms with van der Waals surface area (Å²) in [5.41, 5.74) is 3.92. The Morgan fingerprint density at radius 3 is 2.58 bits per heavy atom. The lowest BCUT2D eigenvalue weighted by atomic mass is 9.94. The van der Waals surface area contributed by atoms with Gasteiger partial charge < -0.3 is 9.80 Å². The van der Waals surface area contributed by atoms with E-state index in [1.165, 1.54) is 50.9 Å². The van der Waals surface area contributed by atoms with Crippen LogP contribution in [-0.4, -0.2) is 78.5 Å². The number of carbonyl (C=O) groups is 1. The Labute approximate surface area is 190 Å². The van der Waals surface area contributed by atoms with E-state index in [2.05, 4.69) is 16.8 Å². The molecule has 0 unspecified atom stereocenters. The minimum Gasteiger partial charge on any atom is -0.336 e. The molecule has 2 fully saturated rings. The van der Waals surface area contributed by atoms with Crippen LogP contribution in [0.25, 0.3) is 10.9 Å². The van der Waals surface area contributed by atoms with Crippen LogP contribution in [0.5, 0.6) is 0 Å². The number of nitrogens with zero attached hydrogens (tertiary/aromatic N) is 4. The smallest absolute Gasteiger partial charge is 0.254 e. The van der Waals surface area contributed by atoms with Crippen molar-refractivity contribution in [3.8, 4) is 0 Å². The average Bonchev–Trinajstić information content (AvgIpc) is 2.80. The molecule has 3 heterocycles. The molecule has 6 heteroatoms. The quantitative estimate of drug-likeness (QED) is 0.726. The normalized spacial score (nSPS) is 21.4. The van der Waals surface area contributed by atoms with E-state index in [0.29, 0.717) is 0 Å². The molecule has 1 aliphatic carbocycles. The summed E-state index contributed by atoms with van der Waals surface area (Å²) < 4.78 is 0. The van der Waals surface area contributed by atoms with Gasteiger partial charge >= 0.3 is 0 Å². The van der Waals surface area contributed by atoms with Gasteiger partial charge in [0, 0.05) is 49.4 Å². The lowest BCUT2D eigenvalue weighted by Crippen LogP contribution is -2.50. The maximum atomic E-state index is 13.2. The molecule has 31 heavy (non-hydrogen) atoms. The number of carbonyl (C=O) groups excluding carboxylic acids is 1. The fraction of sp³-hybridized carbons (Fsp3) is 0.600.